The van der Waals surface area contributed by atoms with Crippen molar-refractivity contribution in [2.24, 2.45) is 0 Å². The quantitative estimate of drug-likeness (QED) is 0.747. The smallest absolute Gasteiger partial charge is 0.271 e. The van der Waals surface area contributed by atoms with Gasteiger partial charge in [-0.25, -0.2) is 4.98 Å². The van der Waals surface area contributed by atoms with Crippen LogP contribution in [0.5, 0.6) is 0 Å². The summed E-state index contributed by atoms with van der Waals surface area (Å²) in [6, 6.07) is 1.78. The summed E-state index contributed by atoms with van der Waals surface area (Å²) in [5, 5.41) is 9.63. The average molecular weight is 247 g/mol. The highest BCUT2D eigenvalue weighted by Gasteiger charge is 2.08. The van der Waals surface area contributed by atoms with Crippen molar-refractivity contribution in [1.82, 2.24) is 25.1 Å². The maximum atomic E-state index is 11.7. The van der Waals surface area contributed by atoms with Crippen LogP contribution >= 0.6 is 0 Å². The molecule has 2 aromatic rings. The highest BCUT2D eigenvalue weighted by Crippen LogP contribution is 2.00. The molecule has 0 bridgehead atoms. The van der Waals surface area contributed by atoms with Crippen molar-refractivity contribution in [2.75, 3.05) is 6.54 Å². The molecule has 0 radical (unpaired) electrons. The first-order chi connectivity index (χ1) is 8.79. The summed E-state index contributed by atoms with van der Waals surface area (Å²) in [4.78, 5) is 15.7. The SMILES string of the molecule is CCc1cc(C(=O)NCCCn2ccnc2)n[nH]1. The summed E-state index contributed by atoms with van der Waals surface area (Å²) in [7, 11) is 0. The van der Waals surface area contributed by atoms with Gasteiger partial charge in [0.25, 0.3) is 5.91 Å². The largest absolute Gasteiger partial charge is 0.351 e. The van der Waals surface area contributed by atoms with E-state index in [4.69, 9.17) is 0 Å². The molecular formula is C12H17N5O. The van der Waals surface area contributed by atoms with E-state index in [9.17, 15) is 4.79 Å². The third kappa shape index (κ3) is 3.19. The molecular weight excluding hydrogens is 230 g/mol. The summed E-state index contributed by atoms with van der Waals surface area (Å²) in [6.45, 7) is 3.49. The van der Waals surface area contributed by atoms with Gasteiger partial charge in [-0.15, -0.1) is 0 Å². The van der Waals surface area contributed by atoms with E-state index < -0.39 is 0 Å². The highest BCUT2D eigenvalue weighted by molar-refractivity contribution is 5.92. The van der Waals surface area contributed by atoms with Crippen LogP contribution in [0.4, 0.5) is 0 Å². The number of hydrogen-bond acceptors (Lipinski definition) is 3. The molecule has 0 aliphatic heterocycles. The van der Waals surface area contributed by atoms with Crippen molar-refractivity contribution in [3.63, 3.8) is 0 Å². The molecule has 0 aliphatic rings. The number of imidazole rings is 1. The summed E-state index contributed by atoms with van der Waals surface area (Å²) < 4.78 is 1.98. The summed E-state index contributed by atoms with van der Waals surface area (Å²) in [5.41, 5.74) is 1.42. The monoisotopic (exact) mass is 247 g/mol. The molecule has 18 heavy (non-hydrogen) atoms. The Labute approximate surface area is 105 Å². The Bertz CT molecular complexity index is 488. The predicted octanol–water partition coefficient (Wildman–Crippen LogP) is 0.989. The molecule has 0 atom stereocenters. The maximum absolute atomic E-state index is 11.7. The van der Waals surface area contributed by atoms with Crippen LogP contribution in [0.2, 0.25) is 0 Å². The Morgan fingerprint density at radius 2 is 2.44 bits per heavy atom. The second kappa shape index (κ2) is 6.00. The molecule has 96 valence electrons. The van der Waals surface area contributed by atoms with Gasteiger partial charge in [0.1, 0.15) is 5.69 Å². The zero-order chi connectivity index (χ0) is 12.8. The zero-order valence-electron chi connectivity index (χ0n) is 10.4. The summed E-state index contributed by atoms with van der Waals surface area (Å²) >= 11 is 0. The third-order valence-corrected chi connectivity index (χ3v) is 2.68. The first-order valence-corrected chi connectivity index (χ1v) is 6.08. The first-order valence-electron chi connectivity index (χ1n) is 6.08. The van der Waals surface area contributed by atoms with Crippen molar-refractivity contribution in [1.29, 1.82) is 0 Å². The molecule has 2 heterocycles. The number of carbonyl (C=O) groups excluding carboxylic acids is 1. The lowest BCUT2D eigenvalue weighted by molar-refractivity contribution is 0.0947. The molecule has 2 rings (SSSR count). The third-order valence-electron chi connectivity index (χ3n) is 2.68. The molecule has 2 N–H and O–H groups in total. The molecule has 0 aliphatic carbocycles. The Morgan fingerprint density at radius 1 is 1.56 bits per heavy atom. The van der Waals surface area contributed by atoms with Gasteiger partial charge in [0.15, 0.2) is 0 Å². The molecule has 0 unspecified atom stereocenters. The van der Waals surface area contributed by atoms with Gasteiger partial charge in [0.2, 0.25) is 0 Å². The first kappa shape index (κ1) is 12.3. The van der Waals surface area contributed by atoms with Gasteiger partial charge < -0.3 is 9.88 Å². The van der Waals surface area contributed by atoms with Gasteiger partial charge in [-0.05, 0) is 18.9 Å². The van der Waals surface area contributed by atoms with Gasteiger partial charge in [-0.2, -0.15) is 5.10 Å². The van der Waals surface area contributed by atoms with Gasteiger partial charge in [0.05, 0.1) is 6.33 Å². The molecule has 1 amide bonds. The Kier molecular flexibility index (Phi) is 4.11. The van der Waals surface area contributed by atoms with E-state index in [-0.39, 0.29) is 5.91 Å². The van der Waals surface area contributed by atoms with Gasteiger partial charge >= 0.3 is 0 Å². The maximum Gasteiger partial charge on any atom is 0.271 e. The van der Waals surface area contributed by atoms with Crippen molar-refractivity contribution >= 4 is 5.91 Å². The summed E-state index contributed by atoms with van der Waals surface area (Å²) in [6.07, 6.45) is 7.13. The summed E-state index contributed by atoms with van der Waals surface area (Å²) in [5.74, 6) is -0.128. The van der Waals surface area contributed by atoms with Crippen LogP contribution in [0.25, 0.3) is 0 Å². The van der Waals surface area contributed by atoms with E-state index in [1.54, 1.807) is 18.6 Å². The molecule has 6 heteroatoms. The minimum absolute atomic E-state index is 0.128. The van der Waals surface area contributed by atoms with Crippen LogP contribution in [0.15, 0.2) is 24.8 Å². The molecule has 2 aromatic heterocycles. The highest BCUT2D eigenvalue weighted by atomic mass is 16.1. The number of aromatic amines is 1. The van der Waals surface area contributed by atoms with E-state index in [0.29, 0.717) is 12.2 Å². The number of rotatable bonds is 6. The van der Waals surface area contributed by atoms with Gasteiger partial charge in [0, 0.05) is 31.2 Å². The van der Waals surface area contributed by atoms with Gasteiger partial charge in [-0.3, -0.25) is 9.89 Å². The number of nitrogens with one attached hydrogen (secondary N) is 2. The lowest BCUT2D eigenvalue weighted by Crippen LogP contribution is -2.25. The van der Waals surface area contributed by atoms with E-state index in [1.165, 1.54) is 0 Å². The molecule has 0 spiro atoms. The van der Waals surface area contributed by atoms with Crippen LogP contribution in [0.1, 0.15) is 29.5 Å². The lowest BCUT2D eigenvalue weighted by atomic mass is 10.3. The fraction of sp³-hybridized carbons (Fsp3) is 0.417. The van der Waals surface area contributed by atoms with Crippen molar-refractivity contribution < 1.29 is 4.79 Å². The minimum Gasteiger partial charge on any atom is -0.351 e. The molecule has 0 saturated carbocycles. The molecule has 0 aromatic carbocycles. The predicted molar refractivity (Wildman–Crippen MR) is 67.1 cm³/mol. The van der Waals surface area contributed by atoms with Gasteiger partial charge in [-0.1, -0.05) is 6.92 Å². The van der Waals surface area contributed by atoms with Crippen LogP contribution in [-0.4, -0.2) is 32.2 Å². The molecule has 6 nitrogen and oxygen atoms in total. The second-order valence-electron chi connectivity index (χ2n) is 4.04. The number of hydrogen-bond donors (Lipinski definition) is 2. The Hall–Kier alpha value is -2.11. The topological polar surface area (TPSA) is 75.6 Å². The minimum atomic E-state index is -0.128. The van der Waals surface area contributed by atoms with Crippen molar-refractivity contribution in [2.45, 2.75) is 26.3 Å². The Morgan fingerprint density at radius 3 is 3.11 bits per heavy atom. The molecule has 0 saturated heterocycles. The van der Waals surface area contributed by atoms with Crippen LogP contribution < -0.4 is 5.32 Å². The van der Waals surface area contributed by atoms with Crippen LogP contribution in [0.3, 0.4) is 0 Å². The van der Waals surface area contributed by atoms with Crippen molar-refractivity contribution in [3.05, 3.63) is 36.2 Å². The van der Waals surface area contributed by atoms with E-state index >= 15 is 0 Å². The zero-order valence-corrected chi connectivity index (χ0v) is 10.4. The van der Waals surface area contributed by atoms with E-state index in [0.717, 1.165) is 25.1 Å². The Balaban J connectivity index is 1.71. The number of carbonyl (C=O) groups is 1. The number of nitrogens with zero attached hydrogens (tertiary/aromatic N) is 3. The second-order valence-corrected chi connectivity index (χ2v) is 4.04. The number of aromatic nitrogens is 4. The van der Waals surface area contributed by atoms with E-state index in [1.807, 2.05) is 17.7 Å². The lowest BCUT2D eigenvalue weighted by Gasteiger charge is -2.03. The fourth-order valence-electron chi connectivity index (χ4n) is 1.63. The molecule has 0 fully saturated rings. The van der Waals surface area contributed by atoms with Crippen molar-refractivity contribution in [3.8, 4) is 0 Å². The number of amides is 1. The average Bonchev–Trinajstić information content (AvgIpc) is 3.05. The van der Waals surface area contributed by atoms with Crippen LogP contribution in [0, 0.1) is 0 Å². The number of H-pyrrole nitrogens is 1. The normalized spacial score (nSPS) is 10.5. The standard InChI is InChI=1S/C12H17N5O/c1-2-10-8-11(16-15-10)12(18)14-4-3-6-17-7-5-13-9-17/h5,7-9H,2-4,6H2,1H3,(H,14,18)(H,15,16). The van der Waals surface area contributed by atoms with E-state index in [2.05, 4.69) is 20.5 Å². The van der Waals surface area contributed by atoms with Crippen LogP contribution in [-0.2, 0) is 13.0 Å². The fourth-order valence-corrected chi connectivity index (χ4v) is 1.63. The number of aryl methyl sites for hydroxylation is 2.